The summed E-state index contributed by atoms with van der Waals surface area (Å²) in [5.41, 5.74) is 3.31. The molecule has 1 N–H and O–H groups in total. The monoisotopic (exact) mass is 416 g/mol. The third-order valence-electron chi connectivity index (χ3n) is 4.78. The highest BCUT2D eigenvalue weighted by Crippen LogP contribution is 2.28. The molecule has 3 aliphatic rings. The molecule has 4 heterocycles. The van der Waals surface area contributed by atoms with E-state index in [-0.39, 0.29) is 17.8 Å². The van der Waals surface area contributed by atoms with Crippen molar-refractivity contribution in [1.29, 1.82) is 0 Å². The summed E-state index contributed by atoms with van der Waals surface area (Å²) < 4.78 is 10.8. The van der Waals surface area contributed by atoms with Gasteiger partial charge in [0.2, 0.25) is 5.82 Å². The van der Waals surface area contributed by atoms with Crippen LogP contribution in [0.15, 0.2) is 42.1 Å². The first kappa shape index (κ1) is 19.6. The highest BCUT2D eigenvalue weighted by Gasteiger charge is 2.29. The van der Waals surface area contributed by atoms with Gasteiger partial charge >= 0.3 is 17.8 Å². The molecule has 1 aromatic heterocycles. The van der Waals surface area contributed by atoms with Crippen molar-refractivity contribution in [1.82, 2.24) is 20.5 Å². The van der Waals surface area contributed by atoms with Gasteiger partial charge in [-0.2, -0.15) is 4.94 Å². The summed E-state index contributed by atoms with van der Waals surface area (Å²) in [7, 11) is 0. The minimum absolute atomic E-state index is 0.0519. The zero-order valence-electron chi connectivity index (χ0n) is 16.2. The first-order chi connectivity index (χ1) is 14.5. The summed E-state index contributed by atoms with van der Waals surface area (Å²) >= 11 is 0. The van der Waals surface area contributed by atoms with Gasteiger partial charge in [-0.1, -0.05) is 0 Å². The van der Waals surface area contributed by atoms with Crippen LogP contribution in [-0.2, 0) is 14.5 Å². The molecule has 1 fully saturated rings. The predicted octanol–water partition coefficient (Wildman–Crippen LogP) is 1.55. The molecule has 1 aromatic rings. The molecule has 0 spiro atoms. The van der Waals surface area contributed by atoms with Gasteiger partial charge in [-0.3, -0.25) is 4.79 Å². The number of nitrogens with zero attached hydrogens (tertiary/aromatic N) is 5. The van der Waals surface area contributed by atoms with Crippen LogP contribution in [0.3, 0.4) is 0 Å². The summed E-state index contributed by atoms with van der Waals surface area (Å²) in [6, 6.07) is 1.55. The molecule has 158 valence electrons. The highest BCUT2D eigenvalue weighted by atomic mass is 16.8. The molecule has 0 amide bonds. The van der Waals surface area contributed by atoms with Gasteiger partial charge in [0, 0.05) is 25.4 Å². The molecular weight excluding hydrogens is 396 g/mol. The fourth-order valence-corrected chi connectivity index (χ4v) is 3.30. The van der Waals surface area contributed by atoms with Crippen molar-refractivity contribution >= 4 is 17.7 Å². The summed E-state index contributed by atoms with van der Waals surface area (Å²) in [5.74, 6) is -0.0756. The average Bonchev–Trinajstić information content (AvgIpc) is 3.21. The SMILES string of the molecule is CCOC(=O)C1CCN(c2cc(OC3=CC4=CNON4C=C3)nc([N+](=O)[O-])n2)CC1. The molecule has 3 aliphatic heterocycles. The van der Waals surface area contributed by atoms with Gasteiger partial charge in [0.15, 0.2) is 0 Å². The third kappa shape index (κ3) is 4.17. The number of ether oxygens (including phenoxy) is 2. The van der Waals surface area contributed by atoms with Crippen LogP contribution in [0.1, 0.15) is 19.8 Å². The van der Waals surface area contributed by atoms with E-state index in [2.05, 4.69) is 15.4 Å². The van der Waals surface area contributed by atoms with Crippen molar-refractivity contribution in [2.75, 3.05) is 24.6 Å². The van der Waals surface area contributed by atoms with E-state index in [1.807, 2.05) is 4.90 Å². The van der Waals surface area contributed by atoms with E-state index < -0.39 is 10.9 Å². The van der Waals surface area contributed by atoms with E-state index in [0.29, 0.717) is 49.8 Å². The van der Waals surface area contributed by atoms with Gasteiger partial charge in [0.25, 0.3) is 0 Å². The van der Waals surface area contributed by atoms with Gasteiger partial charge in [-0.05, 0) is 40.7 Å². The molecule has 0 bridgehead atoms. The van der Waals surface area contributed by atoms with Crippen LogP contribution in [0.2, 0.25) is 0 Å². The normalized spacial score (nSPS) is 18.3. The number of fused-ring (bicyclic) bond motifs is 1. The van der Waals surface area contributed by atoms with E-state index in [4.69, 9.17) is 14.4 Å². The van der Waals surface area contributed by atoms with Crippen molar-refractivity contribution in [3.05, 3.63) is 52.2 Å². The van der Waals surface area contributed by atoms with E-state index in [0.717, 1.165) is 0 Å². The standard InChI is InChI=1S/C18H20N6O6/c1-2-28-17(25)12-3-6-22(7-4-12)15-10-16(21-18(20-15)24(26)27)29-14-5-8-23-13(9-14)11-19-30-23/h5,8-12,19H,2-4,6-7H2,1H3. The fraction of sp³-hybridized carbons (Fsp3) is 0.389. The van der Waals surface area contributed by atoms with Crippen molar-refractivity contribution in [3.8, 4) is 5.88 Å². The summed E-state index contributed by atoms with van der Waals surface area (Å²) in [6.07, 6.45) is 7.77. The number of aromatic nitrogens is 2. The Hall–Kier alpha value is -3.67. The van der Waals surface area contributed by atoms with E-state index in [1.165, 1.54) is 5.06 Å². The minimum Gasteiger partial charge on any atom is -0.466 e. The van der Waals surface area contributed by atoms with Crippen LogP contribution >= 0.6 is 0 Å². The number of hydroxylamine groups is 3. The number of esters is 1. The maximum atomic E-state index is 11.9. The Kier molecular flexibility index (Phi) is 5.48. The van der Waals surface area contributed by atoms with Crippen LogP contribution in [0.25, 0.3) is 0 Å². The Morgan fingerprint density at radius 2 is 2.20 bits per heavy atom. The molecule has 0 radical (unpaired) electrons. The maximum Gasteiger partial charge on any atom is 0.474 e. The Labute approximate surface area is 171 Å². The lowest BCUT2D eigenvalue weighted by Crippen LogP contribution is -2.37. The van der Waals surface area contributed by atoms with Gasteiger partial charge in [0.05, 0.1) is 30.5 Å². The van der Waals surface area contributed by atoms with Gasteiger partial charge < -0.3 is 24.5 Å². The van der Waals surface area contributed by atoms with Crippen molar-refractivity contribution in [3.63, 3.8) is 0 Å². The number of piperidine rings is 1. The highest BCUT2D eigenvalue weighted by molar-refractivity contribution is 5.72. The second-order valence-electron chi connectivity index (χ2n) is 6.70. The van der Waals surface area contributed by atoms with Crippen molar-refractivity contribution in [2.45, 2.75) is 19.8 Å². The summed E-state index contributed by atoms with van der Waals surface area (Å²) in [6.45, 7) is 3.16. The zero-order chi connectivity index (χ0) is 21.1. The van der Waals surface area contributed by atoms with Gasteiger partial charge in [-0.15, -0.1) is 0 Å². The molecule has 0 unspecified atom stereocenters. The fourth-order valence-electron chi connectivity index (χ4n) is 3.30. The molecule has 30 heavy (non-hydrogen) atoms. The maximum absolute atomic E-state index is 11.9. The van der Waals surface area contributed by atoms with Crippen LogP contribution in [0.5, 0.6) is 5.88 Å². The molecule has 0 atom stereocenters. The number of hydrogen-bond acceptors (Lipinski definition) is 11. The molecule has 0 aliphatic carbocycles. The Morgan fingerprint density at radius 3 is 2.93 bits per heavy atom. The average molecular weight is 416 g/mol. The third-order valence-corrected chi connectivity index (χ3v) is 4.78. The quantitative estimate of drug-likeness (QED) is 0.411. The second kappa shape index (κ2) is 8.37. The Morgan fingerprint density at radius 1 is 1.40 bits per heavy atom. The van der Waals surface area contributed by atoms with Crippen LogP contribution in [0, 0.1) is 16.0 Å². The molecular formula is C18H20N6O6. The number of carbonyl (C=O) groups excluding carboxylic acids is 1. The zero-order valence-corrected chi connectivity index (χ0v) is 16.2. The molecule has 12 nitrogen and oxygen atoms in total. The van der Waals surface area contributed by atoms with E-state index in [9.17, 15) is 14.9 Å². The summed E-state index contributed by atoms with van der Waals surface area (Å²) in [4.78, 5) is 37.5. The Balaban J connectivity index is 1.50. The number of allylic oxidation sites excluding steroid dienone is 2. The molecule has 0 saturated carbocycles. The van der Waals surface area contributed by atoms with Crippen LogP contribution in [-0.4, -0.2) is 45.6 Å². The Bertz CT molecular complexity index is 937. The first-order valence-corrected chi connectivity index (χ1v) is 9.48. The number of carbonyl (C=O) groups is 1. The topological polar surface area (TPSA) is 132 Å². The second-order valence-corrected chi connectivity index (χ2v) is 6.70. The van der Waals surface area contributed by atoms with Crippen LogP contribution in [0.4, 0.5) is 11.8 Å². The van der Waals surface area contributed by atoms with Gasteiger partial charge in [0.1, 0.15) is 5.76 Å². The number of rotatable bonds is 6. The molecule has 1 saturated heterocycles. The minimum atomic E-state index is -0.661. The van der Waals surface area contributed by atoms with Crippen molar-refractivity contribution < 1.29 is 24.1 Å². The largest absolute Gasteiger partial charge is 0.474 e. The van der Waals surface area contributed by atoms with E-state index in [1.54, 1.807) is 37.5 Å². The molecule has 4 rings (SSSR count). The predicted molar refractivity (Wildman–Crippen MR) is 102 cm³/mol. The summed E-state index contributed by atoms with van der Waals surface area (Å²) in [5, 5.41) is 12.8. The first-order valence-electron chi connectivity index (χ1n) is 9.48. The van der Waals surface area contributed by atoms with Crippen LogP contribution < -0.4 is 15.1 Å². The molecule has 12 heteroatoms. The lowest BCUT2D eigenvalue weighted by molar-refractivity contribution is -0.394. The number of anilines is 1. The van der Waals surface area contributed by atoms with E-state index >= 15 is 0 Å². The number of nitrogens with one attached hydrogen (secondary N) is 1. The number of hydrogen-bond donors (Lipinski definition) is 1. The van der Waals surface area contributed by atoms with Crippen molar-refractivity contribution in [2.24, 2.45) is 5.92 Å². The van der Waals surface area contributed by atoms with Gasteiger partial charge in [-0.25, -0.2) is 10.5 Å². The molecule has 0 aromatic carbocycles. The lowest BCUT2D eigenvalue weighted by Gasteiger charge is -2.30. The smallest absolute Gasteiger partial charge is 0.466 e. The number of nitro groups is 1. The lowest BCUT2D eigenvalue weighted by atomic mass is 9.97.